The summed E-state index contributed by atoms with van der Waals surface area (Å²) in [6.07, 6.45) is 0. The van der Waals surface area contributed by atoms with Crippen molar-refractivity contribution in [2.45, 2.75) is 27.7 Å². The van der Waals surface area contributed by atoms with Crippen LogP contribution in [-0.4, -0.2) is 11.8 Å². The molecule has 0 atom stereocenters. The first-order chi connectivity index (χ1) is 8.54. The van der Waals surface area contributed by atoms with E-state index in [1.165, 1.54) is 0 Å². The van der Waals surface area contributed by atoms with Crippen LogP contribution in [0.1, 0.15) is 23.6 Å². The zero-order valence-corrected chi connectivity index (χ0v) is 11.2. The number of anilines is 1. The van der Waals surface area contributed by atoms with E-state index in [4.69, 9.17) is 15.0 Å². The molecule has 2 aromatic rings. The lowest BCUT2D eigenvalue weighted by atomic mass is 9.96. The molecule has 0 unspecified atom stereocenters. The van der Waals surface area contributed by atoms with Gasteiger partial charge in [-0.1, -0.05) is 5.16 Å². The fourth-order valence-electron chi connectivity index (χ4n) is 2.11. The molecule has 0 aliphatic carbocycles. The minimum Gasteiger partial charge on any atom is -0.493 e. The van der Waals surface area contributed by atoms with E-state index >= 15 is 0 Å². The molecule has 0 spiro atoms. The summed E-state index contributed by atoms with van der Waals surface area (Å²) in [6.45, 7) is 8.79. The summed E-state index contributed by atoms with van der Waals surface area (Å²) in [5.41, 5.74) is 10.7. The number of aryl methyl sites for hydroxylation is 1. The average molecular weight is 246 g/mol. The Morgan fingerprint density at radius 2 is 1.94 bits per heavy atom. The van der Waals surface area contributed by atoms with Gasteiger partial charge < -0.3 is 15.0 Å². The van der Waals surface area contributed by atoms with Gasteiger partial charge in [-0.3, -0.25) is 0 Å². The first-order valence-corrected chi connectivity index (χ1v) is 6.00. The molecule has 0 aliphatic rings. The zero-order chi connectivity index (χ0) is 13.3. The van der Waals surface area contributed by atoms with Crippen LogP contribution in [0.25, 0.3) is 11.3 Å². The number of nitrogens with two attached hydrogens (primary N) is 1. The Morgan fingerprint density at radius 1 is 1.22 bits per heavy atom. The highest BCUT2D eigenvalue weighted by atomic mass is 16.5. The number of rotatable bonds is 3. The number of aromatic nitrogens is 1. The van der Waals surface area contributed by atoms with Gasteiger partial charge in [0.25, 0.3) is 0 Å². The Kier molecular flexibility index (Phi) is 3.28. The van der Waals surface area contributed by atoms with Crippen LogP contribution < -0.4 is 10.5 Å². The highest BCUT2D eigenvalue weighted by Crippen LogP contribution is 2.34. The summed E-state index contributed by atoms with van der Waals surface area (Å²) < 4.78 is 10.6. The maximum atomic E-state index is 5.68. The third-order valence-corrected chi connectivity index (χ3v) is 3.12. The molecular formula is C14H18N2O2. The van der Waals surface area contributed by atoms with Crippen LogP contribution in [0.3, 0.4) is 0 Å². The van der Waals surface area contributed by atoms with E-state index in [0.29, 0.717) is 12.5 Å². The molecule has 0 bridgehead atoms. The molecule has 2 N–H and O–H groups in total. The molecule has 1 heterocycles. The molecule has 4 nitrogen and oxygen atoms in total. The maximum absolute atomic E-state index is 5.68. The van der Waals surface area contributed by atoms with Gasteiger partial charge in [0.2, 0.25) is 5.88 Å². The van der Waals surface area contributed by atoms with Crippen LogP contribution >= 0.6 is 0 Å². The second-order valence-corrected chi connectivity index (χ2v) is 4.37. The van der Waals surface area contributed by atoms with Crippen molar-refractivity contribution in [1.82, 2.24) is 5.16 Å². The quantitative estimate of drug-likeness (QED) is 0.903. The van der Waals surface area contributed by atoms with Crippen molar-refractivity contribution < 1.29 is 9.26 Å². The first kappa shape index (κ1) is 12.5. The highest BCUT2D eigenvalue weighted by molar-refractivity contribution is 5.70. The van der Waals surface area contributed by atoms with Gasteiger partial charge in [-0.25, -0.2) is 0 Å². The molecule has 0 radical (unpaired) electrons. The van der Waals surface area contributed by atoms with E-state index in [-0.39, 0.29) is 0 Å². The molecule has 96 valence electrons. The van der Waals surface area contributed by atoms with Gasteiger partial charge in [-0.15, -0.1) is 0 Å². The molecule has 2 rings (SSSR count). The fourth-order valence-corrected chi connectivity index (χ4v) is 2.11. The Bertz CT molecular complexity index is 573. The Balaban J connectivity index is 2.57. The van der Waals surface area contributed by atoms with Crippen molar-refractivity contribution in [3.8, 4) is 17.0 Å². The van der Waals surface area contributed by atoms with Crippen molar-refractivity contribution in [1.29, 1.82) is 0 Å². The van der Waals surface area contributed by atoms with Crippen molar-refractivity contribution in [2.24, 2.45) is 0 Å². The predicted molar refractivity (Wildman–Crippen MR) is 71.7 cm³/mol. The van der Waals surface area contributed by atoms with Gasteiger partial charge in [0.05, 0.1) is 6.61 Å². The number of hydrogen-bond acceptors (Lipinski definition) is 4. The van der Waals surface area contributed by atoms with Gasteiger partial charge in [-0.05, 0) is 50.5 Å². The lowest BCUT2D eigenvalue weighted by molar-refractivity contribution is 0.335. The maximum Gasteiger partial charge on any atom is 0.222 e. The smallest absolute Gasteiger partial charge is 0.222 e. The predicted octanol–water partition coefficient (Wildman–Crippen LogP) is 3.25. The van der Waals surface area contributed by atoms with Crippen molar-refractivity contribution in [2.75, 3.05) is 12.3 Å². The van der Waals surface area contributed by atoms with Gasteiger partial charge in [-0.2, -0.15) is 0 Å². The van der Waals surface area contributed by atoms with Crippen molar-refractivity contribution in [3.05, 3.63) is 28.8 Å². The second-order valence-electron chi connectivity index (χ2n) is 4.37. The minimum absolute atomic E-state index is 0.327. The van der Waals surface area contributed by atoms with E-state index in [0.717, 1.165) is 33.7 Å². The van der Waals surface area contributed by atoms with Gasteiger partial charge in [0, 0.05) is 11.6 Å². The first-order valence-electron chi connectivity index (χ1n) is 6.00. The second kappa shape index (κ2) is 4.72. The normalized spacial score (nSPS) is 10.7. The van der Waals surface area contributed by atoms with Crippen molar-refractivity contribution >= 4 is 5.88 Å². The van der Waals surface area contributed by atoms with Gasteiger partial charge >= 0.3 is 0 Å². The van der Waals surface area contributed by atoms with Crippen LogP contribution in [0.2, 0.25) is 0 Å². The monoisotopic (exact) mass is 246 g/mol. The van der Waals surface area contributed by atoms with E-state index in [1.807, 2.05) is 13.8 Å². The molecule has 0 fully saturated rings. The molecule has 18 heavy (non-hydrogen) atoms. The number of nitrogen functional groups attached to an aromatic ring is 1. The van der Waals surface area contributed by atoms with Crippen LogP contribution in [-0.2, 0) is 0 Å². The number of ether oxygens (including phenoxy) is 1. The largest absolute Gasteiger partial charge is 0.493 e. The Hall–Kier alpha value is -1.97. The molecule has 0 aliphatic heterocycles. The van der Waals surface area contributed by atoms with Crippen LogP contribution in [0.5, 0.6) is 5.75 Å². The lowest BCUT2D eigenvalue weighted by Crippen LogP contribution is -2.00. The lowest BCUT2D eigenvalue weighted by Gasteiger charge is -2.15. The summed E-state index contributed by atoms with van der Waals surface area (Å²) in [5, 5.41) is 3.96. The van der Waals surface area contributed by atoms with Crippen molar-refractivity contribution in [3.63, 3.8) is 0 Å². The average Bonchev–Trinajstić information content (AvgIpc) is 2.76. The Morgan fingerprint density at radius 3 is 2.50 bits per heavy atom. The van der Waals surface area contributed by atoms with Crippen LogP contribution in [0, 0.1) is 20.8 Å². The summed E-state index contributed by atoms with van der Waals surface area (Å²) in [5.74, 6) is 1.28. The molecule has 0 amide bonds. The van der Waals surface area contributed by atoms with Gasteiger partial charge in [0.15, 0.2) is 0 Å². The number of hydrogen-bond donors (Lipinski definition) is 1. The SMILES string of the molecule is CCOc1c(C)cc(-c2cc(N)on2)c(C)c1C. The van der Waals surface area contributed by atoms with Crippen LogP contribution in [0.4, 0.5) is 5.88 Å². The molecule has 0 saturated heterocycles. The van der Waals surface area contributed by atoms with Crippen LogP contribution in [0.15, 0.2) is 16.7 Å². The molecule has 1 aromatic carbocycles. The summed E-state index contributed by atoms with van der Waals surface area (Å²) in [7, 11) is 0. The molecule has 4 heteroatoms. The van der Waals surface area contributed by atoms with Gasteiger partial charge in [0.1, 0.15) is 11.4 Å². The fraction of sp³-hybridized carbons (Fsp3) is 0.357. The summed E-state index contributed by atoms with van der Waals surface area (Å²) in [6, 6.07) is 3.80. The Labute approximate surface area is 107 Å². The van der Waals surface area contributed by atoms with E-state index in [2.05, 4.69) is 25.1 Å². The molecule has 0 saturated carbocycles. The number of nitrogens with zero attached hydrogens (tertiary/aromatic N) is 1. The molecular weight excluding hydrogens is 228 g/mol. The standard InChI is InChI=1S/C14H18N2O2/c1-5-17-14-8(2)6-11(9(3)10(14)4)12-7-13(15)18-16-12/h6-7H,5,15H2,1-4H3. The van der Waals surface area contributed by atoms with E-state index in [9.17, 15) is 0 Å². The van der Waals surface area contributed by atoms with E-state index < -0.39 is 0 Å². The number of benzene rings is 1. The third kappa shape index (κ3) is 2.06. The van der Waals surface area contributed by atoms with E-state index in [1.54, 1.807) is 6.07 Å². The minimum atomic E-state index is 0.327. The third-order valence-electron chi connectivity index (χ3n) is 3.12. The topological polar surface area (TPSA) is 61.3 Å². The highest BCUT2D eigenvalue weighted by Gasteiger charge is 2.14. The summed E-state index contributed by atoms with van der Waals surface area (Å²) in [4.78, 5) is 0. The molecule has 1 aromatic heterocycles. The zero-order valence-electron chi connectivity index (χ0n) is 11.2. The summed E-state index contributed by atoms with van der Waals surface area (Å²) >= 11 is 0.